The minimum Gasteiger partial charge on any atom is -0.391 e. The van der Waals surface area contributed by atoms with E-state index in [1.165, 1.54) is 0 Å². The van der Waals surface area contributed by atoms with Gasteiger partial charge in [0.25, 0.3) is 0 Å². The van der Waals surface area contributed by atoms with Gasteiger partial charge in [0.15, 0.2) is 0 Å². The van der Waals surface area contributed by atoms with E-state index >= 15 is 0 Å². The van der Waals surface area contributed by atoms with E-state index in [0.717, 1.165) is 11.5 Å². The lowest BCUT2D eigenvalue weighted by Crippen LogP contribution is -2.27. The number of carbonyl (C=O) groups excluding carboxylic acids is 1. The number of hydrogen-bond donors (Lipinski definition) is 2. The molecule has 0 aromatic carbocycles. The molecule has 1 aromatic rings. The van der Waals surface area contributed by atoms with Crippen molar-refractivity contribution in [2.75, 3.05) is 25.0 Å². The van der Waals surface area contributed by atoms with Crippen LogP contribution in [-0.4, -0.2) is 47.0 Å². The summed E-state index contributed by atoms with van der Waals surface area (Å²) in [7, 11) is 3.39. The molecular formula is C14H21N5O2. The van der Waals surface area contributed by atoms with Crippen LogP contribution in [0.3, 0.4) is 0 Å². The van der Waals surface area contributed by atoms with Gasteiger partial charge in [-0.15, -0.1) is 0 Å². The molecule has 2 heterocycles. The Balaban J connectivity index is 2.23. The first-order valence-electron chi connectivity index (χ1n) is 7.11. The lowest BCUT2D eigenvalue weighted by atomic mass is 10.0. The summed E-state index contributed by atoms with van der Waals surface area (Å²) in [5.41, 5.74) is 1.33. The number of aliphatic hydroxyl groups is 1. The van der Waals surface area contributed by atoms with Crippen LogP contribution in [0.5, 0.6) is 0 Å². The van der Waals surface area contributed by atoms with Crippen molar-refractivity contribution >= 4 is 11.7 Å². The summed E-state index contributed by atoms with van der Waals surface area (Å²) in [4.78, 5) is 13.4. The van der Waals surface area contributed by atoms with Crippen LogP contribution < -0.4 is 10.2 Å². The first-order valence-corrected chi connectivity index (χ1v) is 7.11. The van der Waals surface area contributed by atoms with E-state index in [4.69, 9.17) is 0 Å². The summed E-state index contributed by atoms with van der Waals surface area (Å²) < 4.78 is 1.69. The van der Waals surface area contributed by atoms with Crippen molar-refractivity contribution in [2.24, 2.45) is 13.0 Å². The zero-order valence-electron chi connectivity index (χ0n) is 12.6. The quantitative estimate of drug-likeness (QED) is 0.800. The molecule has 1 amide bonds. The summed E-state index contributed by atoms with van der Waals surface area (Å²) in [5, 5.41) is 26.5. The largest absolute Gasteiger partial charge is 0.391 e. The SMILES string of the molecule is CCc1nn(C)c(N2C[C@@H](CC(=O)NC)[C@H](O)C2)c1C#N. The third kappa shape index (κ3) is 2.85. The van der Waals surface area contributed by atoms with Gasteiger partial charge in [-0.1, -0.05) is 6.92 Å². The molecule has 7 heteroatoms. The van der Waals surface area contributed by atoms with Gasteiger partial charge in [-0.25, -0.2) is 0 Å². The van der Waals surface area contributed by atoms with Gasteiger partial charge in [-0.2, -0.15) is 10.4 Å². The van der Waals surface area contributed by atoms with Crippen LogP contribution in [-0.2, 0) is 18.3 Å². The van der Waals surface area contributed by atoms with Crippen LogP contribution in [0.15, 0.2) is 0 Å². The van der Waals surface area contributed by atoms with Crippen LogP contribution >= 0.6 is 0 Å². The van der Waals surface area contributed by atoms with Gasteiger partial charge in [0.05, 0.1) is 11.8 Å². The molecule has 2 N–H and O–H groups in total. The minimum atomic E-state index is -0.575. The number of hydrogen-bond acceptors (Lipinski definition) is 5. The van der Waals surface area contributed by atoms with Crippen molar-refractivity contribution in [3.05, 3.63) is 11.3 Å². The second kappa shape index (κ2) is 6.14. The normalized spacial score (nSPS) is 21.4. The van der Waals surface area contributed by atoms with E-state index in [1.54, 1.807) is 18.8 Å². The molecule has 1 aliphatic rings. The number of nitrogens with zero attached hydrogens (tertiary/aromatic N) is 4. The van der Waals surface area contributed by atoms with E-state index in [9.17, 15) is 15.2 Å². The Morgan fingerprint density at radius 2 is 2.29 bits per heavy atom. The molecule has 1 aliphatic heterocycles. The molecule has 0 aliphatic carbocycles. The molecule has 114 valence electrons. The van der Waals surface area contributed by atoms with Gasteiger partial charge in [-0.05, 0) is 6.42 Å². The highest BCUT2D eigenvalue weighted by Crippen LogP contribution is 2.30. The molecule has 0 saturated carbocycles. The Bertz CT molecular complexity index is 575. The van der Waals surface area contributed by atoms with Crippen LogP contribution in [0.1, 0.15) is 24.6 Å². The third-order valence-corrected chi connectivity index (χ3v) is 3.97. The van der Waals surface area contributed by atoms with Crippen molar-refractivity contribution in [3.63, 3.8) is 0 Å². The van der Waals surface area contributed by atoms with E-state index in [1.807, 2.05) is 11.8 Å². The summed E-state index contributed by atoms with van der Waals surface area (Å²) in [6.07, 6.45) is 0.400. The van der Waals surface area contributed by atoms with Gasteiger partial charge in [0, 0.05) is 39.5 Å². The molecular weight excluding hydrogens is 270 g/mol. The number of carbonyl (C=O) groups is 1. The first-order chi connectivity index (χ1) is 10.0. The lowest BCUT2D eigenvalue weighted by molar-refractivity contribution is -0.122. The molecule has 1 aromatic heterocycles. The van der Waals surface area contributed by atoms with E-state index in [-0.39, 0.29) is 18.2 Å². The number of aliphatic hydroxyl groups excluding tert-OH is 1. The fourth-order valence-electron chi connectivity index (χ4n) is 2.86. The van der Waals surface area contributed by atoms with Crippen LogP contribution in [0.4, 0.5) is 5.82 Å². The predicted molar refractivity (Wildman–Crippen MR) is 77.7 cm³/mol. The second-order valence-electron chi connectivity index (χ2n) is 5.34. The topological polar surface area (TPSA) is 94.2 Å². The number of nitriles is 1. The predicted octanol–water partition coefficient (Wildman–Crippen LogP) is -0.213. The molecule has 2 rings (SSSR count). The number of anilines is 1. The number of aryl methyl sites for hydroxylation is 2. The number of β-amino-alcohol motifs (C(OH)–C–C–N with tert-alkyl or cyclic N) is 1. The number of rotatable bonds is 4. The summed E-state index contributed by atoms with van der Waals surface area (Å²) >= 11 is 0. The van der Waals surface area contributed by atoms with Crippen LogP contribution in [0.25, 0.3) is 0 Å². The zero-order valence-corrected chi connectivity index (χ0v) is 12.6. The molecule has 0 radical (unpaired) electrons. The Morgan fingerprint density at radius 3 is 2.86 bits per heavy atom. The van der Waals surface area contributed by atoms with E-state index in [2.05, 4.69) is 16.5 Å². The highest BCUT2D eigenvalue weighted by atomic mass is 16.3. The fourth-order valence-corrected chi connectivity index (χ4v) is 2.86. The number of nitrogens with one attached hydrogen (secondary N) is 1. The molecule has 0 unspecified atom stereocenters. The van der Waals surface area contributed by atoms with E-state index < -0.39 is 6.10 Å². The molecule has 0 bridgehead atoms. The Labute approximate surface area is 124 Å². The molecule has 7 nitrogen and oxygen atoms in total. The first kappa shape index (κ1) is 15.3. The van der Waals surface area contributed by atoms with Gasteiger partial charge < -0.3 is 15.3 Å². The fraction of sp³-hybridized carbons (Fsp3) is 0.643. The summed E-state index contributed by atoms with van der Waals surface area (Å²) in [6, 6.07) is 2.21. The highest BCUT2D eigenvalue weighted by Gasteiger charge is 2.35. The molecule has 1 fully saturated rings. The average molecular weight is 291 g/mol. The Kier molecular flexibility index (Phi) is 4.48. The van der Waals surface area contributed by atoms with Crippen molar-refractivity contribution in [3.8, 4) is 6.07 Å². The maximum absolute atomic E-state index is 11.5. The molecule has 0 spiro atoms. The standard InChI is InChI=1S/C14H21N5O2/c1-4-11-10(6-15)14(18(3)17-11)19-7-9(12(20)8-19)5-13(21)16-2/h9,12,20H,4-5,7-8H2,1-3H3,(H,16,21)/t9-,12-/m1/s1. The van der Waals surface area contributed by atoms with Gasteiger partial charge in [-0.3, -0.25) is 9.48 Å². The van der Waals surface area contributed by atoms with Crippen molar-refractivity contribution in [1.82, 2.24) is 15.1 Å². The Hall–Kier alpha value is -2.07. The highest BCUT2D eigenvalue weighted by molar-refractivity contribution is 5.76. The smallest absolute Gasteiger partial charge is 0.220 e. The summed E-state index contributed by atoms with van der Waals surface area (Å²) in [6.45, 7) is 2.92. The number of aromatic nitrogens is 2. The number of amides is 1. The third-order valence-electron chi connectivity index (χ3n) is 3.97. The maximum atomic E-state index is 11.5. The van der Waals surface area contributed by atoms with Gasteiger partial charge in [0.2, 0.25) is 5.91 Å². The molecule has 2 atom stereocenters. The van der Waals surface area contributed by atoms with Crippen molar-refractivity contribution in [2.45, 2.75) is 25.9 Å². The monoisotopic (exact) mass is 291 g/mol. The van der Waals surface area contributed by atoms with Crippen LogP contribution in [0.2, 0.25) is 0 Å². The second-order valence-corrected chi connectivity index (χ2v) is 5.34. The van der Waals surface area contributed by atoms with E-state index in [0.29, 0.717) is 25.1 Å². The van der Waals surface area contributed by atoms with Crippen LogP contribution in [0, 0.1) is 17.2 Å². The van der Waals surface area contributed by atoms with Crippen molar-refractivity contribution < 1.29 is 9.90 Å². The van der Waals surface area contributed by atoms with Crippen molar-refractivity contribution in [1.29, 1.82) is 5.26 Å². The summed E-state index contributed by atoms with van der Waals surface area (Å²) in [5.74, 6) is 0.518. The lowest BCUT2D eigenvalue weighted by Gasteiger charge is -2.18. The maximum Gasteiger partial charge on any atom is 0.220 e. The van der Waals surface area contributed by atoms with Gasteiger partial charge >= 0.3 is 0 Å². The zero-order chi connectivity index (χ0) is 15.6. The van der Waals surface area contributed by atoms with Gasteiger partial charge in [0.1, 0.15) is 17.5 Å². The minimum absolute atomic E-state index is 0.0827. The Morgan fingerprint density at radius 1 is 1.57 bits per heavy atom. The average Bonchev–Trinajstić information content (AvgIpc) is 2.98. The molecule has 21 heavy (non-hydrogen) atoms. The molecule has 1 saturated heterocycles.